The van der Waals surface area contributed by atoms with Gasteiger partial charge in [0.1, 0.15) is 5.82 Å². The van der Waals surface area contributed by atoms with E-state index < -0.39 is 22.3 Å². The Morgan fingerprint density at radius 2 is 2.11 bits per heavy atom. The fourth-order valence-corrected chi connectivity index (χ4v) is 1.36. The number of carbonyl (C=O) groups is 1. The molecule has 1 unspecified atom stereocenters. The zero-order valence-corrected chi connectivity index (χ0v) is 10.7. The van der Waals surface area contributed by atoms with Crippen LogP contribution in [0.25, 0.3) is 0 Å². The summed E-state index contributed by atoms with van der Waals surface area (Å²) in [6.07, 6.45) is 0. The topological polar surface area (TPSA) is 98.3 Å². The number of carbonyl (C=O) groups excluding carboxylic acids is 1. The van der Waals surface area contributed by atoms with E-state index in [0.717, 1.165) is 18.2 Å². The van der Waals surface area contributed by atoms with E-state index in [1.165, 1.54) is 0 Å². The molecule has 0 saturated heterocycles. The molecule has 0 fully saturated rings. The second-order valence-electron chi connectivity index (χ2n) is 4.57. The molecule has 0 bridgehead atoms. The number of non-ortho nitro benzene ring substituents is 1. The number of nitro benzene ring substituents is 1. The Labute approximate surface area is 109 Å². The van der Waals surface area contributed by atoms with E-state index in [1.54, 1.807) is 0 Å². The first-order chi connectivity index (χ1) is 8.81. The summed E-state index contributed by atoms with van der Waals surface area (Å²) in [5.74, 6) is -1.23. The van der Waals surface area contributed by atoms with E-state index in [2.05, 4.69) is 5.32 Å². The molecule has 19 heavy (non-hydrogen) atoms. The van der Waals surface area contributed by atoms with Crippen LogP contribution in [0.1, 0.15) is 24.2 Å². The zero-order chi connectivity index (χ0) is 14.6. The molecular formula is C12H16FN3O3. The second kappa shape index (κ2) is 6.24. The maximum atomic E-state index is 13.2. The Balaban J connectivity index is 2.80. The Morgan fingerprint density at radius 1 is 1.47 bits per heavy atom. The Morgan fingerprint density at radius 3 is 2.63 bits per heavy atom. The van der Waals surface area contributed by atoms with E-state index in [4.69, 9.17) is 5.73 Å². The molecule has 104 valence electrons. The van der Waals surface area contributed by atoms with Crippen molar-refractivity contribution in [3.05, 3.63) is 39.7 Å². The Hall–Kier alpha value is -2.02. The number of benzene rings is 1. The lowest BCUT2D eigenvalue weighted by Gasteiger charge is -2.16. The molecular weight excluding hydrogens is 253 g/mol. The van der Waals surface area contributed by atoms with Crippen molar-refractivity contribution >= 4 is 11.6 Å². The molecule has 0 aromatic heterocycles. The molecule has 3 N–H and O–H groups in total. The van der Waals surface area contributed by atoms with Crippen LogP contribution in [-0.4, -0.2) is 23.4 Å². The SMILES string of the molecule is CC(C)C(N)CNC(=O)c1cc(F)cc([N+](=O)[O-])c1. The molecule has 7 heteroatoms. The highest BCUT2D eigenvalue weighted by molar-refractivity contribution is 5.94. The Bertz CT molecular complexity index is 491. The van der Waals surface area contributed by atoms with Gasteiger partial charge in [0, 0.05) is 24.2 Å². The van der Waals surface area contributed by atoms with Crippen LogP contribution in [0.2, 0.25) is 0 Å². The summed E-state index contributed by atoms with van der Waals surface area (Å²) in [5, 5.41) is 13.1. The second-order valence-corrected chi connectivity index (χ2v) is 4.57. The van der Waals surface area contributed by atoms with Gasteiger partial charge in [0.25, 0.3) is 11.6 Å². The number of hydrogen-bond donors (Lipinski definition) is 2. The summed E-state index contributed by atoms with van der Waals surface area (Å²) >= 11 is 0. The number of hydrogen-bond acceptors (Lipinski definition) is 4. The molecule has 1 aromatic carbocycles. The fourth-order valence-electron chi connectivity index (χ4n) is 1.36. The molecule has 1 atom stereocenters. The van der Waals surface area contributed by atoms with Gasteiger partial charge in [-0.1, -0.05) is 13.8 Å². The predicted octanol–water partition coefficient (Wildman–Crippen LogP) is 1.45. The van der Waals surface area contributed by atoms with Gasteiger partial charge in [0.2, 0.25) is 0 Å². The smallest absolute Gasteiger partial charge is 0.273 e. The summed E-state index contributed by atoms with van der Waals surface area (Å²) in [7, 11) is 0. The zero-order valence-electron chi connectivity index (χ0n) is 10.7. The molecule has 1 rings (SSSR count). The summed E-state index contributed by atoms with van der Waals surface area (Å²) in [5.41, 5.74) is 5.20. The molecule has 6 nitrogen and oxygen atoms in total. The third kappa shape index (κ3) is 4.29. The summed E-state index contributed by atoms with van der Waals surface area (Å²) in [6, 6.07) is 2.51. The van der Waals surface area contributed by atoms with Crippen molar-refractivity contribution in [3.8, 4) is 0 Å². The standard InChI is InChI=1S/C12H16FN3O3/c1-7(2)11(14)6-15-12(17)8-3-9(13)5-10(4-8)16(18)19/h3-5,7,11H,6,14H2,1-2H3,(H,15,17). The van der Waals surface area contributed by atoms with Crippen molar-refractivity contribution in [3.63, 3.8) is 0 Å². The van der Waals surface area contributed by atoms with Gasteiger partial charge < -0.3 is 11.1 Å². The van der Waals surface area contributed by atoms with Gasteiger partial charge in [0.15, 0.2) is 0 Å². The van der Waals surface area contributed by atoms with Gasteiger partial charge in [-0.25, -0.2) is 4.39 Å². The van der Waals surface area contributed by atoms with E-state index in [-0.39, 0.29) is 24.1 Å². The van der Waals surface area contributed by atoms with Gasteiger partial charge >= 0.3 is 0 Å². The number of nitrogens with one attached hydrogen (secondary N) is 1. The average molecular weight is 269 g/mol. The van der Waals surface area contributed by atoms with Crippen LogP contribution in [0.3, 0.4) is 0 Å². The van der Waals surface area contributed by atoms with E-state index in [9.17, 15) is 19.3 Å². The molecule has 0 aliphatic carbocycles. The first kappa shape index (κ1) is 15.0. The van der Waals surface area contributed by atoms with E-state index in [0.29, 0.717) is 0 Å². The number of amides is 1. The summed E-state index contributed by atoms with van der Waals surface area (Å²) < 4.78 is 13.2. The normalized spacial score (nSPS) is 12.3. The lowest BCUT2D eigenvalue weighted by Crippen LogP contribution is -2.40. The molecule has 1 amide bonds. The summed E-state index contributed by atoms with van der Waals surface area (Å²) in [4.78, 5) is 21.6. The van der Waals surface area contributed by atoms with Crippen LogP contribution in [0, 0.1) is 21.8 Å². The van der Waals surface area contributed by atoms with Crippen LogP contribution in [0.5, 0.6) is 0 Å². The fraction of sp³-hybridized carbons (Fsp3) is 0.417. The quantitative estimate of drug-likeness (QED) is 0.624. The number of nitro groups is 1. The number of halogens is 1. The van der Waals surface area contributed by atoms with Gasteiger partial charge in [-0.3, -0.25) is 14.9 Å². The van der Waals surface area contributed by atoms with Gasteiger partial charge in [-0.15, -0.1) is 0 Å². The molecule has 0 aliphatic heterocycles. The third-order valence-electron chi connectivity index (χ3n) is 2.71. The third-order valence-corrected chi connectivity index (χ3v) is 2.71. The lowest BCUT2D eigenvalue weighted by atomic mass is 10.1. The van der Waals surface area contributed by atoms with Crippen molar-refractivity contribution in [1.29, 1.82) is 0 Å². The Kier molecular flexibility index (Phi) is 4.94. The van der Waals surface area contributed by atoms with Crippen molar-refractivity contribution in [1.82, 2.24) is 5.32 Å². The van der Waals surface area contributed by atoms with Crippen molar-refractivity contribution in [2.24, 2.45) is 11.7 Å². The van der Waals surface area contributed by atoms with Crippen LogP contribution in [0.15, 0.2) is 18.2 Å². The van der Waals surface area contributed by atoms with Gasteiger partial charge in [0.05, 0.1) is 11.0 Å². The van der Waals surface area contributed by atoms with Crippen LogP contribution in [0.4, 0.5) is 10.1 Å². The van der Waals surface area contributed by atoms with Crippen molar-refractivity contribution in [2.45, 2.75) is 19.9 Å². The first-order valence-electron chi connectivity index (χ1n) is 5.80. The van der Waals surface area contributed by atoms with Crippen LogP contribution < -0.4 is 11.1 Å². The van der Waals surface area contributed by atoms with Gasteiger partial charge in [-0.05, 0) is 12.0 Å². The predicted molar refractivity (Wildman–Crippen MR) is 68.2 cm³/mol. The van der Waals surface area contributed by atoms with E-state index in [1.807, 2.05) is 13.8 Å². The highest BCUT2D eigenvalue weighted by Crippen LogP contribution is 2.16. The molecule has 0 heterocycles. The summed E-state index contributed by atoms with van der Waals surface area (Å²) in [6.45, 7) is 4.04. The minimum absolute atomic E-state index is 0.0948. The van der Waals surface area contributed by atoms with Crippen molar-refractivity contribution < 1.29 is 14.1 Å². The monoisotopic (exact) mass is 269 g/mol. The number of nitrogens with two attached hydrogens (primary N) is 1. The van der Waals surface area contributed by atoms with Crippen LogP contribution >= 0.6 is 0 Å². The highest BCUT2D eigenvalue weighted by Gasteiger charge is 2.16. The molecule has 0 aliphatic rings. The van der Waals surface area contributed by atoms with Crippen LogP contribution in [-0.2, 0) is 0 Å². The van der Waals surface area contributed by atoms with Gasteiger partial charge in [-0.2, -0.15) is 0 Å². The minimum Gasteiger partial charge on any atom is -0.350 e. The van der Waals surface area contributed by atoms with E-state index >= 15 is 0 Å². The van der Waals surface area contributed by atoms with Crippen molar-refractivity contribution in [2.75, 3.05) is 6.54 Å². The molecule has 0 spiro atoms. The molecule has 0 radical (unpaired) electrons. The minimum atomic E-state index is -0.826. The number of rotatable bonds is 5. The molecule has 0 saturated carbocycles. The average Bonchev–Trinajstić information content (AvgIpc) is 2.34. The maximum absolute atomic E-state index is 13.2. The number of nitrogens with zero attached hydrogens (tertiary/aromatic N) is 1. The first-order valence-corrected chi connectivity index (χ1v) is 5.80. The largest absolute Gasteiger partial charge is 0.350 e. The maximum Gasteiger partial charge on any atom is 0.273 e. The molecule has 1 aromatic rings. The highest BCUT2D eigenvalue weighted by atomic mass is 19.1. The lowest BCUT2D eigenvalue weighted by molar-refractivity contribution is -0.385.